The summed E-state index contributed by atoms with van der Waals surface area (Å²) in [6, 6.07) is 5.93. The van der Waals surface area contributed by atoms with Crippen molar-refractivity contribution in [3.8, 4) is 0 Å². The Hall–Kier alpha value is -0.640. The van der Waals surface area contributed by atoms with E-state index in [1.54, 1.807) is 11.3 Å². The molecule has 1 aromatic carbocycles. The van der Waals surface area contributed by atoms with Crippen molar-refractivity contribution in [3.63, 3.8) is 0 Å². The largest absolute Gasteiger partial charge is 0.329 e. The zero-order valence-electron chi connectivity index (χ0n) is 10.3. The van der Waals surface area contributed by atoms with E-state index in [0.29, 0.717) is 6.54 Å². The Bertz CT molecular complexity index is 558. The van der Waals surface area contributed by atoms with Gasteiger partial charge in [-0.15, -0.1) is 11.3 Å². The van der Waals surface area contributed by atoms with E-state index in [2.05, 4.69) is 0 Å². The maximum atomic E-state index is 6.24. The quantitative estimate of drug-likeness (QED) is 0.899. The van der Waals surface area contributed by atoms with Crippen molar-refractivity contribution in [2.45, 2.75) is 37.5 Å². The van der Waals surface area contributed by atoms with E-state index in [4.69, 9.17) is 22.3 Å². The molecule has 0 atom stereocenters. The van der Waals surface area contributed by atoms with Crippen LogP contribution in [0.1, 0.15) is 37.1 Å². The SMILES string of the molecule is NCC1(c2nc3cccc(Cl)c3s2)CCCCC1. The molecular weight excluding hydrogens is 264 g/mol. The van der Waals surface area contributed by atoms with Gasteiger partial charge in [-0.1, -0.05) is 36.9 Å². The highest BCUT2D eigenvalue weighted by atomic mass is 35.5. The Kier molecular flexibility index (Phi) is 3.31. The molecule has 1 heterocycles. The molecule has 0 bridgehead atoms. The summed E-state index contributed by atoms with van der Waals surface area (Å²) >= 11 is 7.97. The predicted molar refractivity (Wildman–Crippen MR) is 78.4 cm³/mol. The van der Waals surface area contributed by atoms with E-state index in [1.807, 2.05) is 18.2 Å². The van der Waals surface area contributed by atoms with Crippen LogP contribution in [-0.4, -0.2) is 11.5 Å². The van der Waals surface area contributed by atoms with Gasteiger partial charge < -0.3 is 5.73 Å². The lowest BCUT2D eigenvalue weighted by Gasteiger charge is -2.34. The molecular formula is C14H17ClN2S. The second-order valence-corrected chi connectivity index (χ2v) is 6.56. The third kappa shape index (κ3) is 1.94. The van der Waals surface area contributed by atoms with Crippen LogP contribution in [0, 0.1) is 0 Å². The fraction of sp³-hybridized carbons (Fsp3) is 0.500. The van der Waals surface area contributed by atoms with Gasteiger partial charge in [-0.3, -0.25) is 0 Å². The van der Waals surface area contributed by atoms with Gasteiger partial charge in [-0.25, -0.2) is 4.98 Å². The Morgan fingerprint density at radius 1 is 1.28 bits per heavy atom. The third-order valence-electron chi connectivity index (χ3n) is 4.02. The molecule has 0 amide bonds. The van der Waals surface area contributed by atoms with Crippen molar-refractivity contribution in [2.75, 3.05) is 6.54 Å². The number of nitrogens with zero attached hydrogens (tertiary/aromatic N) is 1. The van der Waals surface area contributed by atoms with Crippen molar-refractivity contribution in [2.24, 2.45) is 5.73 Å². The number of hydrogen-bond acceptors (Lipinski definition) is 3. The second kappa shape index (κ2) is 4.80. The molecule has 18 heavy (non-hydrogen) atoms. The van der Waals surface area contributed by atoms with Crippen molar-refractivity contribution in [1.82, 2.24) is 4.98 Å². The maximum Gasteiger partial charge on any atom is 0.101 e. The van der Waals surface area contributed by atoms with Crippen molar-refractivity contribution < 1.29 is 0 Å². The summed E-state index contributed by atoms with van der Waals surface area (Å²) in [6.45, 7) is 0.699. The molecule has 96 valence electrons. The number of nitrogens with two attached hydrogens (primary N) is 1. The Morgan fingerprint density at radius 2 is 2.06 bits per heavy atom. The summed E-state index contributed by atoms with van der Waals surface area (Å²) in [5.41, 5.74) is 7.18. The molecule has 2 aromatic rings. The lowest BCUT2D eigenvalue weighted by Crippen LogP contribution is -2.36. The van der Waals surface area contributed by atoms with Crippen molar-refractivity contribution >= 4 is 33.2 Å². The summed E-state index contributed by atoms with van der Waals surface area (Å²) in [5, 5.41) is 1.99. The highest BCUT2D eigenvalue weighted by Gasteiger charge is 2.35. The predicted octanol–water partition coefficient (Wildman–Crippen LogP) is 4.11. The average molecular weight is 281 g/mol. The van der Waals surface area contributed by atoms with Crippen LogP contribution in [0.4, 0.5) is 0 Å². The molecule has 1 aliphatic rings. The number of halogens is 1. The smallest absolute Gasteiger partial charge is 0.101 e. The topological polar surface area (TPSA) is 38.9 Å². The van der Waals surface area contributed by atoms with E-state index in [1.165, 1.54) is 37.1 Å². The fourth-order valence-electron chi connectivity index (χ4n) is 2.88. The van der Waals surface area contributed by atoms with Crippen LogP contribution in [0.2, 0.25) is 5.02 Å². The molecule has 0 saturated heterocycles. The first-order chi connectivity index (χ1) is 8.75. The monoisotopic (exact) mass is 280 g/mol. The fourth-order valence-corrected chi connectivity index (χ4v) is 4.39. The third-order valence-corrected chi connectivity index (χ3v) is 5.80. The molecule has 1 aromatic heterocycles. The van der Waals surface area contributed by atoms with Gasteiger partial charge in [0, 0.05) is 12.0 Å². The minimum Gasteiger partial charge on any atom is -0.329 e. The number of rotatable bonds is 2. The first kappa shape index (κ1) is 12.4. The molecule has 2 N–H and O–H groups in total. The number of benzene rings is 1. The Labute approximate surface area is 116 Å². The van der Waals surface area contributed by atoms with Gasteiger partial charge in [0.25, 0.3) is 0 Å². The van der Waals surface area contributed by atoms with E-state index in [9.17, 15) is 0 Å². The van der Waals surface area contributed by atoms with E-state index in [-0.39, 0.29) is 5.41 Å². The second-order valence-electron chi connectivity index (χ2n) is 5.15. The van der Waals surface area contributed by atoms with Crippen LogP contribution < -0.4 is 5.73 Å². The van der Waals surface area contributed by atoms with Crippen LogP contribution in [-0.2, 0) is 5.41 Å². The molecule has 0 spiro atoms. The molecule has 2 nitrogen and oxygen atoms in total. The van der Waals surface area contributed by atoms with E-state index < -0.39 is 0 Å². The minimum atomic E-state index is 0.102. The zero-order valence-corrected chi connectivity index (χ0v) is 11.9. The maximum absolute atomic E-state index is 6.24. The van der Waals surface area contributed by atoms with Crippen molar-refractivity contribution in [1.29, 1.82) is 0 Å². The molecule has 1 aliphatic carbocycles. The summed E-state index contributed by atoms with van der Waals surface area (Å²) < 4.78 is 1.10. The van der Waals surface area contributed by atoms with Gasteiger partial charge in [0.05, 0.1) is 15.2 Å². The number of hydrogen-bond donors (Lipinski definition) is 1. The van der Waals surface area contributed by atoms with Gasteiger partial charge in [0.1, 0.15) is 5.01 Å². The molecule has 0 radical (unpaired) electrons. The van der Waals surface area contributed by atoms with E-state index >= 15 is 0 Å². The van der Waals surface area contributed by atoms with Gasteiger partial charge in [0.15, 0.2) is 0 Å². The van der Waals surface area contributed by atoms with Crippen LogP contribution in [0.3, 0.4) is 0 Å². The first-order valence-electron chi connectivity index (χ1n) is 6.51. The average Bonchev–Trinajstić information content (AvgIpc) is 2.85. The Morgan fingerprint density at radius 3 is 2.72 bits per heavy atom. The lowest BCUT2D eigenvalue weighted by molar-refractivity contribution is 0.300. The normalized spacial score (nSPS) is 19.2. The molecule has 0 aliphatic heterocycles. The highest BCUT2D eigenvalue weighted by Crippen LogP contribution is 2.42. The number of aromatic nitrogens is 1. The van der Waals surface area contributed by atoms with Crippen molar-refractivity contribution in [3.05, 3.63) is 28.2 Å². The standard InChI is InChI=1S/C14H17ClN2S/c15-10-5-4-6-11-12(10)18-13(17-11)14(9-16)7-2-1-3-8-14/h4-6H,1-3,7-9,16H2. The van der Waals surface area contributed by atoms with Crippen LogP contribution in [0.15, 0.2) is 18.2 Å². The molecule has 0 unspecified atom stereocenters. The van der Waals surface area contributed by atoms with E-state index in [0.717, 1.165) is 15.2 Å². The number of fused-ring (bicyclic) bond motifs is 1. The molecule has 1 fully saturated rings. The summed E-state index contributed by atoms with van der Waals surface area (Å²) in [4.78, 5) is 4.79. The molecule has 3 rings (SSSR count). The van der Waals surface area contributed by atoms with Gasteiger partial charge in [0.2, 0.25) is 0 Å². The number of thiazole rings is 1. The minimum absolute atomic E-state index is 0.102. The Balaban J connectivity index is 2.09. The van der Waals surface area contributed by atoms with Gasteiger partial charge in [-0.05, 0) is 25.0 Å². The lowest BCUT2D eigenvalue weighted by atomic mass is 9.74. The first-order valence-corrected chi connectivity index (χ1v) is 7.70. The molecule has 1 saturated carbocycles. The van der Waals surface area contributed by atoms with Gasteiger partial charge >= 0.3 is 0 Å². The van der Waals surface area contributed by atoms with Crippen LogP contribution in [0.25, 0.3) is 10.2 Å². The van der Waals surface area contributed by atoms with Crippen LogP contribution in [0.5, 0.6) is 0 Å². The van der Waals surface area contributed by atoms with Crippen LogP contribution >= 0.6 is 22.9 Å². The zero-order chi connectivity index (χ0) is 12.6. The highest BCUT2D eigenvalue weighted by molar-refractivity contribution is 7.19. The molecule has 4 heteroatoms. The van der Waals surface area contributed by atoms with Gasteiger partial charge in [-0.2, -0.15) is 0 Å². The summed E-state index contributed by atoms with van der Waals surface area (Å²) in [6.07, 6.45) is 6.19. The summed E-state index contributed by atoms with van der Waals surface area (Å²) in [5.74, 6) is 0. The summed E-state index contributed by atoms with van der Waals surface area (Å²) in [7, 11) is 0.